The van der Waals surface area contributed by atoms with E-state index < -0.39 is 0 Å². The van der Waals surface area contributed by atoms with Gasteiger partial charge in [0.15, 0.2) is 0 Å². The van der Waals surface area contributed by atoms with Gasteiger partial charge in [-0.1, -0.05) is 127 Å². The van der Waals surface area contributed by atoms with Gasteiger partial charge in [0.2, 0.25) is 0 Å². The van der Waals surface area contributed by atoms with Gasteiger partial charge in [-0.3, -0.25) is 0 Å². The van der Waals surface area contributed by atoms with Gasteiger partial charge in [-0.15, -0.1) is 0 Å². The molecule has 9 aromatic rings. The average molecular weight is 549 g/mol. The quantitative estimate of drug-likeness (QED) is 0.206. The smallest absolute Gasteiger partial charge is 0.143 e. The van der Waals surface area contributed by atoms with Gasteiger partial charge in [0.25, 0.3) is 0 Å². The van der Waals surface area contributed by atoms with Crippen LogP contribution in [0.1, 0.15) is 0 Å². The van der Waals surface area contributed by atoms with Crippen molar-refractivity contribution < 1.29 is 4.42 Å². The molecule has 3 heterocycles. The molecule has 0 N–H and O–H groups in total. The summed E-state index contributed by atoms with van der Waals surface area (Å²) in [5.74, 6) is 0. The van der Waals surface area contributed by atoms with Gasteiger partial charge in [0.05, 0.1) is 22.4 Å². The van der Waals surface area contributed by atoms with Crippen LogP contribution in [0, 0.1) is 0 Å². The summed E-state index contributed by atoms with van der Waals surface area (Å²) in [5, 5.41) is 6.84. The summed E-state index contributed by atoms with van der Waals surface area (Å²) < 4.78 is 6.29. The molecule has 0 amide bonds. The molecular weight excluding hydrogens is 524 g/mol. The number of benzene rings is 6. The average Bonchev–Trinajstić information content (AvgIpc) is 3.47. The largest absolute Gasteiger partial charge is 0.455 e. The van der Waals surface area contributed by atoms with E-state index in [1.165, 1.54) is 10.8 Å². The number of hydrogen-bond donors (Lipinski definition) is 0. The van der Waals surface area contributed by atoms with E-state index >= 15 is 0 Å². The molecule has 3 nitrogen and oxygen atoms in total. The number of nitrogens with zero attached hydrogens (tertiary/aromatic N) is 2. The predicted octanol–water partition coefficient (Wildman–Crippen LogP) is 10.8. The van der Waals surface area contributed by atoms with E-state index in [4.69, 9.17) is 14.4 Å². The highest BCUT2D eigenvalue weighted by Crippen LogP contribution is 2.37. The Hall–Kier alpha value is -5.80. The number of fused-ring (bicyclic) bond motifs is 7. The van der Waals surface area contributed by atoms with Crippen LogP contribution >= 0.6 is 0 Å². The van der Waals surface area contributed by atoms with Crippen LogP contribution < -0.4 is 0 Å². The summed E-state index contributed by atoms with van der Waals surface area (Å²) in [4.78, 5) is 10.4. The molecule has 0 fully saturated rings. The number of furan rings is 1. The highest BCUT2D eigenvalue weighted by molar-refractivity contribution is 6.09. The molecule has 0 atom stereocenters. The van der Waals surface area contributed by atoms with Gasteiger partial charge in [-0.25, -0.2) is 9.97 Å². The Morgan fingerprint density at radius 3 is 1.79 bits per heavy atom. The maximum atomic E-state index is 6.29. The molecule has 0 aliphatic heterocycles. The van der Waals surface area contributed by atoms with Gasteiger partial charge in [0.1, 0.15) is 11.2 Å². The van der Waals surface area contributed by atoms with Crippen LogP contribution in [0.25, 0.3) is 88.2 Å². The lowest BCUT2D eigenvalue weighted by atomic mass is 9.99. The Kier molecular flexibility index (Phi) is 5.20. The van der Waals surface area contributed by atoms with Crippen molar-refractivity contribution in [1.29, 1.82) is 0 Å². The zero-order valence-electron chi connectivity index (χ0n) is 23.2. The van der Waals surface area contributed by atoms with Gasteiger partial charge in [-0.2, -0.15) is 0 Å². The molecule has 0 unspecified atom stereocenters. The van der Waals surface area contributed by atoms with Crippen molar-refractivity contribution in [2.24, 2.45) is 0 Å². The zero-order chi connectivity index (χ0) is 28.3. The van der Waals surface area contributed by atoms with Crippen LogP contribution in [-0.4, -0.2) is 9.97 Å². The van der Waals surface area contributed by atoms with Crippen molar-refractivity contribution in [2.75, 3.05) is 0 Å². The van der Waals surface area contributed by atoms with E-state index in [1.807, 2.05) is 12.1 Å². The van der Waals surface area contributed by atoms with Crippen molar-refractivity contribution >= 4 is 54.5 Å². The molecule has 0 saturated heterocycles. The fourth-order valence-electron chi connectivity index (χ4n) is 6.32. The minimum absolute atomic E-state index is 0.909. The molecule has 3 aromatic heterocycles. The van der Waals surface area contributed by atoms with Crippen LogP contribution in [-0.2, 0) is 0 Å². The molecule has 9 rings (SSSR count). The predicted molar refractivity (Wildman–Crippen MR) is 178 cm³/mol. The molecular formula is C40H24N2O. The lowest BCUT2D eigenvalue weighted by Gasteiger charge is -2.10. The Labute approximate surface area is 247 Å². The topological polar surface area (TPSA) is 38.9 Å². The lowest BCUT2D eigenvalue weighted by molar-refractivity contribution is 0.670. The maximum absolute atomic E-state index is 6.29. The van der Waals surface area contributed by atoms with E-state index in [0.717, 1.165) is 77.4 Å². The van der Waals surface area contributed by atoms with Crippen molar-refractivity contribution in [1.82, 2.24) is 9.97 Å². The third-order valence-corrected chi connectivity index (χ3v) is 8.48. The van der Waals surface area contributed by atoms with E-state index in [0.29, 0.717) is 0 Å². The minimum atomic E-state index is 0.909. The fourth-order valence-corrected chi connectivity index (χ4v) is 6.32. The van der Waals surface area contributed by atoms with Crippen LogP contribution in [0.3, 0.4) is 0 Å². The molecule has 6 aromatic carbocycles. The first-order chi connectivity index (χ1) is 21.3. The van der Waals surface area contributed by atoms with Crippen molar-refractivity contribution in [2.45, 2.75) is 0 Å². The summed E-state index contributed by atoms with van der Waals surface area (Å²) in [6.45, 7) is 0. The van der Waals surface area contributed by atoms with Crippen LogP contribution in [0.5, 0.6) is 0 Å². The zero-order valence-corrected chi connectivity index (χ0v) is 23.2. The summed E-state index contributed by atoms with van der Waals surface area (Å²) in [5.41, 5.74) is 9.91. The first-order valence-electron chi connectivity index (χ1n) is 14.5. The Morgan fingerprint density at radius 2 is 0.953 bits per heavy atom. The van der Waals surface area contributed by atoms with E-state index in [2.05, 4.69) is 133 Å². The molecule has 0 spiro atoms. The Morgan fingerprint density at radius 1 is 0.372 bits per heavy atom. The second-order valence-corrected chi connectivity index (χ2v) is 11.0. The fraction of sp³-hybridized carbons (Fsp3) is 0. The van der Waals surface area contributed by atoms with Gasteiger partial charge in [0, 0.05) is 38.2 Å². The number of para-hydroxylation sites is 2. The number of pyridine rings is 2. The van der Waals surface area contributed by atoms with E-state index in [-0.39, 0.29) is 0 Å². The van der Waals surface area contributed by atoms with E-state index in [9.17, 15) is 0 Å². The van der Waals surface area contributed by atoms with Crippen LogP contribution in [0.4, 0.5) is 0 Å². The number of aromatic nitrogens is 2. The van der Waals surface area contributed by atoms with Crippen molar-refractivity contribution in [3.63, 3.8) is 0 Å². The number of hydrogen-bond acceptors (Lipinski definition) is 3. The summed E-state index contributed by atoms with van der Waals surface area (Å²) in [6.07, 6.45) is 0. The van der Waals surface area contributed by atoms with Crippen molar-refractivity contribution in [3.8, 4) is 33.6 Å². The van der Waals surface area contributed by atoms with Gasteiger partial charge >= 0.3 is 0 Å². The molecule has 200 valence electrons. The minimum Gasteiger partial charge on any atom is -0.455 e. The maximum Gasteiger partial charge on any atom is 0.143 e. The standard InChI is InChI=1S/C40H24N2O/c1-2-9-30-25(7-1)8-5-12-32(30)36-24-22-29-20-19-28-21-23-35(41-38(28)39(29)42-36)27-17-15-26(16-18-27)31-11-6-13-34-33-10-3-4-14-37(33)43-40(31)34/h1-24H. The number of rotatable bonds is 3. The Bertz CT molecular complexity index is 2500. The molecule has 3 heteroatoms. The normalized spacial score (nSPS) is 11.7. The van der Waals surface area contributed by atoms with Crippen LogP contribution in [0.15, 0.2) is 150 Å². The van der Waals surface area contributed by atoms with E-state index in [1.54, 1.807) is 0 Å². The first kappa shape index (κ1) is 23.9. The summed E-state index contributed by atoms with van der Waals surface area (Å²) >= 11 is 0. The Balaban J connectivity index is 1.15. The van der Waals surface area contributed by atoms with Gasteiger partial charge in [-0.05, 0) is 34.5 Å². The second kappa shape index (κ2) is 9.37. The van der Waals surface area contributed by atoms with Gasteiger partial charge < -0.3 is 4.42 Å². The monoisotopic (exact) mass is 548 g/mol. The van der Waals surface area contributed by atoms with Crippen molar-refractivity contribution in [3.05, 3.63) is 146 Å². The molecule has 0 aliphatic rings. The third kappa shape index (κ3) is 3.83. The molecule has 43 heavy (non-hydrogen) atoms. The molecule has 0 bridgehead atoms. The first-order valence-corrected chi connectivity index (χ1v) is 14.5. The lowest BCUT2D eigenvalue weighted by Crippen LogP contribution is -1.91. The SMILES string of the molecule is c1ccc2c(-c3ccc4ccc5ccc(-c6ccc(-c7cccc8c7oc7ccccc78)cc6)nc5c4n3)cccc2c1. The van der Waals surface area contributed by atoms with Crippen LogP contribution in [0.2, 0.25) is 0 Å². The summed E-state index contributed by atoms with van der Waals surface area (Å²) in [7, 11) is 0. The summed E-state index contributed by atoms with van der Waals surface area (Å²) in [6, 6.07) is 50.8. The molecule has 0 radical (unpaired) electrons. The molecule has 0 saturated carbocycles. The second-order valence-electron chi connectivity index (χ2n) is 11.0. The molecule has 0 aliphatic carbocycles. The third-order valence-electron chi connectivity index (χ3n) is 8.48. The highest BCUT2D eigenvalue weighted by atomic mass is 16.3. The highest BCUT2D eigenvalue weighted by Gasteiger charge is 2.13.